The number of nitrogens with zero attached hydrogens (tertiary/aromatic N) is 1. The van der Waals surface area contributed by atoms with Crippen LogP contribution in [0.5, 0.6) is 0 Å². The molecule has 2 aromatic rings. The third-order valence-electron chi connectivity index (χ3n) is 2.91. The summed E-state index contributed by atoms with van der Waals surface area (Å²) in [6.07, 6.45) is 0.982. The molecule has 18 heavy (non-hydrogen) atoms. The van der Waals surface area contributed by atoms with Crippen LogP contribution in [0.1, 0.15) is 30.2 Å². The van der Waals surface area contributed by atoms with Crippen LogP contribution in [0.15, 0.2) is 47.1 Å². The molecule has 1 N–H and O–H groups in total. The number of pyridine rings is 1. The summed E-state index contributed by atoms with van der Waals surface area (Å²) >= 11 is 3.12. The number of rotatable bonds is 3. The van der Waals surface area contributed by atoms with Crippen molar-refractivity contribution in [2.24, 2.45) is 0 Å². The molecule has 2 atom stereocenters. The van der Waals surface area contributed by atoms with Gasteiger partial charge in [0.1, 0.15) is 5.82 Å². The van der Waals surface area contributed by atoms with Crippen LogP contribution in [-0.2, 0) is 0 Å². The molecule has 4 heteroatoms. The minimum atomic E-state index is -0.711. The third-order valence-corrected chi connectivity index (χ3v) is 3.52. The van der Waals surface area contributed by atoms with Gasteiger partial charge >= 0.3 is 0 Å². The summed E-state index contributed by atoms with van der Waals surface area (Å²) in [6.45, 7) is 1.89. The van der Waals surface area contributed by atoms with Crippen LogP contribution in [0.3, 0.4) is 0 Å². The highest BCUT2D eigenvalue weighted by Gasteiger charge is 2.19. The summed E-state index contributed by atoms with van der Waals surface area (Å²) in [7, 11) is 0. The number of aliphatic hydroxyl groups excluding tert-OH is 1. The zero-order valence-electron chi connectivity index (χ0n) is 9.85. The summed E-state index contributed by atoms with van der Waals surface area (Å²) in [4.78, 5) is 4.22. The van der Waals surface area contributed by atoms with Crippen LogP contribution in [0.4, 0.5) is 4.39 Å². The van der Waals surface area contributed by atoms with Gasteiger partial charge in [0, 0.05) is 17.8 Å². The van der Waals surface area contributed by atoms with E-state index in [1.807, 2.05) is 25.1 Å². The van der Waals surface area contributed by atoms with Crippen molar-refractivity contribution < 1.29 is 9.50 Å². The molecule has 0 saturated carbocycles. The SMILES string of the molecule is CC(c1ccccn1)C(O)c1ccc(F)c(Br)c1. The first-order valence-corrected chi connectivity index (χ1v) is 6.43. The highest BCUT2D eigenvalue weighted by molar-refractivity contribution is 9.10. The van der Waals surface area contributed by atoms with Crippen molar-refractivity contribution in [2.45, 2.75) is 18.9 Å². The Labute approximate surface area is 114 Å². The summed E-state index contributed by atoms with van der Waals surface area (Å²) in [5, 5.41) is 10.3. The molecule has 0 aliphatic carbocycles. The van der Waals surface area contributed by atoms with E-state index in [1.165, 1.54) is 6.07 Å². The van der Waals surface area contributed by atoms with Gasteiger partial charge in [-0.2, -0.15) is 0 Å². The molecule has 2 rings (SSSR count). The van der Waals surface area contributed by atoms with Crippen LogP contribution in [-0.4, -0.2) is 10.1 Å². The van der Waals surface area contributed by atoms with Gasteiger partial charge < -0.3 is 5.11 Å². The highest BCUT2D eigenvalue weighted by Crippen LogP contribution is 2.31. The molecular formula is C14H13BrFNO. The fraction of sp³-hybridized carbons (Fsp3) is 0.214. The molecule has 0 fully saturated rings. The monoisotopic (exact) mass is 309 g/mol. The second-order valence-electron chi connectivity index (χ2n) is 4.16. The lowest BCUT2D eigenvalue weighted by Crippen LogP contribution is -2.09. The van der Waals surface area contributed by atoms with Gasteiger partial charge in [0.25, 0.3) is 0 Å². The Hall–Kier alpha value is -1.26. The van der Waals surface area contributed by atoms with Crippen LogP contribution in [0.2, 0.25) is 0 Å². The Bertz CT molecular complexity index is 533. The lowest BCUT2D eigenvalue weighted by Gasteiger charge is -2.19. The first-order chi connectivity index (χ1) is 8.59. The average Bonchev–Trinajstić information content (AvgIpc) is 2.41. The van der Waals surface area contributed by atoms with Gasteiger partial charge in [0.05, 0.1) is 10.6 Å². The molecule has 1 heterocycles. The number of hydrogen-bond donors (Lipinski definition) is 1. The fourth-order valence-electron chi connectivity index (χ4n) is 1.79. The maximum atomic E-state index is 13.1. The molecule has 0 amide bonds. The summed E-state index contributed by atoms with van der Waals surface area (Å²) < 4.78 is 13.5. The van der Waals surface area contributed by atoms with E-state index in [0.29, 0.717) is 10.0 Å². The zero-order valence-corrected chi connectivity index (χ0v) is 11.4. The van der Waals surface area contributed by atoms with Gasteiger partial charge in [0.2, 0.25) is 0 Å². The van der Waals surface area contributed by atoms with E-state index >= 15 is 0 Å². The normalized spacial score (nSPS) is 14.2. The predicted molar refractivity (Wildman–Crippen MR) is 71.7 cm³/mol. The van der Waals surface area contributed by atoms with E-state index in [9.17, 15) is 9.50 Å². The van der Waals surface area contributed by atoms with Crippen molar-refractivity contribution in [3.8, 4) is 0 Å². The lowest BCUT2D eigenvalue weighted by molar-refractivity contribution is 0.150. The largest absolute Gasteiger partial charge is 0.388 e. The van der Waals surface area contributed by atoms with Gasteiger partial charge in [-0.25, -0.2) is 4.39 Å². The van der Waals surface area contributed by atoms with Crippen molar-refractivity contribution >= 4 is 15.9 Å². The first-order valence-electron chi connectivity index (χ1n) is 5.63. The van der Waals surface area contributed by atoms with Crippen molar-refractivity contribution in [1.29, 1.82) is 0 Å². The molecular weight excluding hydrogens is 297 g/mol. The molecule has 2 nitrogen and oxygen atoms in total. The smallest absolute Gasteiger partial charge is 0.137 e. The molecule has 0 bridgehead atoms. The van der Waals surface area contributed by atoms with Crippen molar-refractivity contribution in [3.05, 3.63) is 64.1 Å². The van der Waals surface area contributed by atoms with Crippen molar-refractivity contribution in [3.63, 3.8) is 0 Å². The molecule has 0 radical (unpaired) electrons. The fourth-order valence-corrected chi connectivity index (χ4v) is 2.19. The maximum absolute atomic E-state index is 13.1. The Kier molecular flexibility index (Phi) is 4.09. The van der Waals surface area contributed by atoms with Gasteiger partial charge in [0.15, 0.2) is 0 Å². The number of benzene rings is 1. The minimum absolute atomic E-state index is 0.149. The predicted octanol–water partition coefficient (Wildman–Crippen LogP) is 3.82. The van der Waals surface area contributed by atoms with E-state index in [2.05, 4.69) is 20.9 Å². The van der Waals surface area contributed by atoms with Crippen molar-refractivity contribution in [1.82, 2.24) is 4.98 Å². The Morgan fingerprint density at radius 3 is 2.67 bits per heavy atom. The number of halogens is 2. The summed E-state index contributed by atoms with van der Waals surface area (Å²) in [5.74, 6) is -0.486. The molecule has 0 aliphatic rings. The second-order valence-corrected chi connectivity index (χ2v) is 5.02. The molecule has 2 unspecified atom stereocenters. The van der Waals surface area contributed by atoms with E-state index < -0.39 is 6.10 Å². The van der Waals surface area contributed by atoms with Crippen LogP contribution < -0.4 is 0 Å². The van der Waals surface area contributed by atoms with Gasteiger partial charge in [-0.1, -0.05) is 19.1 Å². The first kappa shape index (κ1) is 13.2. The van der Waals surface area contributed by atoms with E-state index in [-0.39, 0.29) is 11.7 Å². The lowest BCUT2D eigenvalue weighted by atomic mass is 9.94. The molecule has 0 spiro atoms. The summed E-state index contributed by atoms with van der Waals surface area (Å²) in [6, 6.07) is 10.1. The molecule has 0 aliphatic heterocycles. The molecule has 1 aromatic heterocycles. The third kappa shape index (κ3) is 2.76. The van der Waals surface area contributed by atoms with Crippen LogP contribution >= 0.6 is 15.9 Å². The van der Waals surface area contributed by atoms with Gasteiger partial charge in [-0.05, 0) is 45.8 Å². The Balaban J connectivity index is 2.25. The zero-order chi connectivity index (χ0) is 13.1. The molecule has 1 aromatic carbocycles. The van der Waals surface area contributed by atoms with Crippen molar-refractivity contribution in [2.75, 3.05) is 0 Å². The number of aliphatic hydroxyl groups is 1. The Morgan fingerprint density at radius 1 is 1.28 bits per heavy atom. The second kappa shape index (κ2) is 5.59. The number of hydrogen-bond acceptors (Lipinski definition) is 2. The summed E-state index contributed by atoms with van der Waals surface area (Å²) in [5.41, 5.74) is 1.48. The quantitative estimate of drug-likeness (QED) is 0.935. The van der Waals surface area contributed by atoms with Crippen LogP contribution in [0, 0.1) is 5.82 Å². The molecule has 94 valence electrons. The molecule has 0 saturated heterocycles. The topological polar surface area (TPSA) is 33.1 Å². The van der Waals surface area contributed by atoms with Crippen LogP contribution in [0.25, 0.3) is 0 Å². The van der Waals surface area contributed by atoms with E-state index in [4.69, 9.17) is 0 Å². The Morgan fingerprint density at radius 2 is 2.06 bits per heavy atom. The average molecular weight is 310 g/mol. The van der Waals surface area contributed by atoms with E-state index in [1.54, 1.807) is 18.3 Å². The van der Waals surface area contributed by atoms with Gasteiger partial charge in [-0.15, -0.1) is 0 Å². The minimum Gasteiger partial charge on any atom is -0.388 e. The van der Waals surface area contributed by atoms with E-state index in [0.717, 1.165) is 5.69 Å². The highest BCUT2D eigenvalue weighted by atomic mass is 79.9. The van der Waals surface area contributed by atoms with Gasteiger partial charge in [-0.3, -0.25) is 4.98 Å². The maximum Gasteiger partial charge on any atom is 0.137 e. The standard InChI is InChI=1S/C14H13BrFNO/c1-9(13-4-2-3-7-17-13)14(18)10-5-6-12(16)11(15)8-10/h2-9,14,18H,1H3. The number of aromatic nitrogens is 1.